The Morgan fingerprint density at radius 1 is 1.12 bits per heavy atom. The van der Waals surface area contributed by atoms with Crippen molar-refractivity contribution < 1.29 is 13.2 Å². The first kappa shape index (κ1) is 18.0. The molecule has 1 aromatic carbocycles. The zero-order chi connectivity index (χ0) is 18.3. The highest BCUT2D eigenvalue weighted by atomic mass is 32.2. The molecular formula is C20H28N2O3S. The van der Waals surface area contributed by atoms with Crippen LogP contribution in [0.2, 0.25) is 0 Å². The Bertz CT molecular complexity index is 799. The summed E-state index contributed by atoms with van der Waals surface area (Å²) >= 11 is 0. The summed E-state index contributed by atoms with van der Waals surface area (Å²) in [6, 6.07) is 5.21. The van der Waals surface area contributed by atoms with E-state index in [9.17, 15) is 13.2 Å². The Morgan fingerprint density at radius 2 is 1.88 bits per heavy atom. The lowest BCUT2D eigenvalue weighted by Gasteiger charge is -2.26. The van der Waals surface area contributed by atoms with Crippen LogP contribution in [0.25, 0.3) is 0 Å². The fourth-order valence-corrected chi connectivity index (χ4v) is 6.47. The second-order valence-electron chi connectivity index (χ2n) is 8.20. The summed E-state index contributed by atoms with van der Waals surface area (Å²) in [5.74, 6) is 1.23. The zero-order valence-corrected chi connectivity index (χ0v) is 16.2. The molecular weight excluding hydrogens is 348 g/mol. The third-order valence-corrected chi connectivity index (χ3v) is 8.36. The SMILES string of the molecule is Cc1ccc(S(=O)(=O)N2CCCCC2)cc1C(=O)N[C@@H]1C[C@@H]2CC[C@@H]1C2. The Labute approximate surface area is 156 Å². The van der Waals surface area contributed by atoms with Gasteiger partial charge in [0.05, 0.1) is 4.90 Å². The van der Waals surface area contributed by atoms with Gasteiger partial charge in [-0.2, -0.15) is 4.31 Å². The molecule has 3 fully saturated rings. The van der Waals surface area contributed by atoms with E-state index in [0.717, 1.165) is 37.2 Å². The van der Waals surface area contributed by atoms with Crippen molar-refractivity contribution in [3.8, 4) is 0 Å². The molecule has 26 heavy (non-hydrogen) atoms. The second kappa shape index (κ2) is 6.97. The van der Waals surface area contributed by atoms with Crippen LogP contribution in [0.15, 0.2) is 23.1 Å². The molecule has 2 bridgehead atoms. The van der Waals surface area contributed by atoms with Crippen molar-refractivity contribution in [3.05, 3.63) is 29.3 Å². The molecule has 1 saturated heterocycles. The van der Waals surface area contributed by atoms with Crippen LogP contribution in [-0.4, -0.2) is 37.8 Å². The van der Waals surface area contributed by atoms with E-state index >= 15 is 0 Å². The molecule has 5 nitrogen and oxygen atoms in total. The monoisotopic (exact) mass is 376 g/mol. The van der Waals surface area contributed by atoms with Crippen LogP contribution < -0.4 is 5.32 Å². The smallest absolute Gasteiger partial charge is 0.251 e. The highest BCUT2D eigenvalue weighted by Gasteiger charge is 2.40. The normalized spacial score (nSPS) is 29.0. The van der Waals surface area contributed by atoms with Gasteiger partial charge >= 0.3 is 0 Å². The van der Waals surface area contributed by atoms with Crippen LogP contribution in [0.5, 0.6) is 0 Å². The average Bonchev–Trinajstić information content (AvgIpc) is 3.25. The molecule has 0 aromatic heterocycles. The standard InChI is InChI=1S/C20H28N2O3S/c1-14-5-8-17(26(24,25)22-9-3-2-4-10-22)13-18(14)20(23)21-19-12-15-6-7-16(19)11-15/h5,8,13,15-16,19H,2-4,6-7,9-12H2,1H3,(H,21,23)/t15-,16-,19-/m1/s1. The van der Waals surface area contributed by atoms with Gasteiger partial charge in [-0.1, -0.05) is 18.9 Å². The minimum absolute atomic E-state index is 0.129. The minimum Gasteiger partial charge on any atom is -0.349 e. The van der Waals surface area contributed by atoms with Crippen LogP contribution in [-0.2, 0) is 10.0 Å². The Morgan fingerprint density at radius 3 is 2.54 bits per heavy atom. The predicted octanol–water partition coefficient (Wildman–Crippen LogP) is 3.09. The first-order valence-electron chi connectivity index (χ1n) is 9.87. The number of carbonyl (C=O) groups is 1. The molecule has 0 spiro atoms. The molecule has 3 atom stereocenters. The molecule has 1 amide bonds. The molecule has 0 radical (unpaired) electrons. The fourth-order valence-electron chi connectivity index (χ4n) is 4.93. The highest BCUT2D eigenvalue weighted by Crippen LogP contribution is 2.44. The highest BCUT2D eigenvalue weighted by molar-refractivity contribution is 7.89. The van der Waals surface area contributed by atoms with Gasteiger partial charge in [0, 0.05) is 24.7 Å². The number of nitrogens with zero attached hydrogens (tertiary/aromatic N) is 1. The molecule has 1 aliphatic heterocycles. The number of carbonyl (C=O) groups excluding carboxylic acids is 1. The maximum Gasteiger partial charge on any atom is 0.251 e. The molecule has 142 valence electrons. The van der Waals surface area contributed by atoms with E-state index in [4.69, 9.17) is 0 Å². The molecule has 3 aliphatic rings. The number of hydrogen-bond donors (Lipinski definition) is 1. The Hall–Kier alpha value is -1.40. The maximum absolute atomic E-state index is 12.9. The third-order valence-electron chi connectivity index (χ3n) is 6.46. The molecule has 1 N–H and O–H groups in total. The van der Waals surface area contributed by atoms with Gasteiger partial charge in [0.15, 0.2) is 0 Å². The van der Waals surface area contributed by atoms with Crippen LogP contribution in [0.4, 0.5) is 0 Å². The van der Waals surface area contributed by atoms with Gasteiger partial charge in [-0.3, -0.25) is 4.79 Å². The maximum atomic E-state index is 12.9. The summed E-state index contributed by atoms with van der Waals surface area (Å²) in [4.78, 5) is 13.1. The molecule has 4 rings (SSSR count). The van der Waals surface area contributed by atoms with Gasteiger partial charge in [0.1, 0.15) is 0 Å². The van der Waals surface area contributed by atoms with Gasteiger partial charge < -0.3 is 5.32 Å². The van der Waals surface area contributed by atoms with Crippen LogP contribution in [0, 0.1) is 18.8 Å². The summed E-state index contributed by atoms with van der Waals surface area (Å²) < 4.78 is 27.4. The number of hydrogen-bond acceptors (Lipinski definition) is 3. The number of fused-ring (bicyclic) bond motifs is 2. The van der Waals surface area contributed by atoms with Crippen molar-refractivity contribution in [2.75, 3.05) is 13.1 Å². The molecule has 2 aliphatic carbocycles. The summed E-state index contributed by atoms with van der Waals surface area (Å²) in [7, 11) is -3.52. The number of nitrogens with one attached hydrogen (secondary N) is 1. The van der Waals surface area contributed by atoms with E-state index in [1.165, 1.54) is 19.3 Å². The number of sulfonamides is 1. The summed E-state index contributed by atoms with van der Waals surface area (Å²) in [5.41, 5.74) is 1.31. The molecule has 6 heteroatoms. The zero-order valence-electron chi connectivity index (χ0n) is 15.4. The van der Waals surface area contributed by atoms with Crippen molar-refractivity contribution in [2.24, 2.45) is 11.8 Å². The van der Waals surface area contributed by atoms with E-state index in [-0.39, 0.29) is 16.8 Å². The quantitative estimate of drug-likeness (QED) is 0.878. The van der Waals surface area contributed by atoms with Crippen LogP contribution in [0.1, 0.15) is 60.9 Å². The van der Waals surface area contributed by atoms with Gasteiger partial charge in [-0.05, 0) is 68.6 Å². The van der Waals surface area contributed by atoms with Crippen molar-refractivity contribution in [3.63, 3.8) is 0 Å². The number of benzene rings is 1. The van der Waals surface area contributed by atoms with E-state index < -0.39 is 10.0 Å². The van der Waals surface area contributed by atoms with E-state index in [1.54, 1.807) is 22.5 Å². The second-order valence-corrected chi connectivity index (χ2v) is 10.1. The summed E-state index contributed by atoms with van der Waals surface area (Å²) in [6.07, 6.45) is 7.69. The number of piperidine rings is 1. The van der Waals surface area contributed by atoms with Gasteiger partial charge in [-0.25, -0.2) is 8.42 Å². The molecule has 1 aromatic rings. The van der Waals surface area contributed by atoms with Gasteiger partial charge in [-0.15, -0.1) is 0 Å². The largest absolute Gasteiger partial charge is 0.349 e. The molecule has 1 heterocycles. The minimum atomic E-state index is -3.52. The van der Waals surface area contributed by atoms with Crippen molar-refractivity contribution in [2.45, 2.75) is 62.8 Å². The Kier molecular flexibility index (Phi) is 4.82. The third kappa shape index (κ3) is 3.29. The van der Waals surface area contributed by atoms with Gasteiger partial charge in [0.25, 0.3) is 5.91 Å². The summed E-state index contributed by atoms with van der Waals surface area (Å²) in [5, 5.41) is 3.18. The number of aryl methyl sites for hydroxylation is 1. The number of rotatable bonds is 4. The lowest BCUT2D eigenvalue weighted by atomic mass is 9.95. The predicted molar refractivity (Wildman–Crippen MR) is 100 cm³/mol. The lowest BCUT2D eigenvalue weighted by molar-refractivity contribution is 0.0922. The Balaban J connectivity index is 1.55. The van der Waals surface area contributed by atoms with E-state index in [0.29, 0.717) is 24.6 Å². The lowest BCUT2D eigenvalue weighted by Crippen LogP contribution is -2.39. The fraction of sp³-hybridized carbons (Fsp3) is 0.650. The first-order valence-corrected chi connectivity index (χ1v) is 11.3. The van der Waals surface area contributed by atoms with Gasteiger partial charge in [0.2, 0.25) is 10.0 Å². The average molecular weight is 377 g/mol. The first-order chi connectivity index (χ1) is 12.4. The van der Waals surface area contributed by atoms with E-state index in [2.05, 4.69) is 5.32 Å². The van der Waals surface area contributed by atoms with E-state index in [1.807, 2.05) is 6.92 Å². The number of amides is 1. The summed E-state index contributed by atoms with van der Waals surface area (Å²) in [6.45, 7) is 3.01. The molecule has 2 saturated carbocycles. The van der Waals surface area contributed by atoms with Crippen LogP contribution >= 0.6 is 0 Å². The molecule has 0 unspecified atom stereocenters. The van der Waals surface area contributed by atoms with Crippen molar-refractivity contribution >= 4 is 15.9 Å². The van der Waals surface area contributed by atoms with Crippen LogP contribution in [0.3, 0.4) is 0 Å². The van der Waals surface area contributed by atoms with Crippen molar-refractivity contribution in [1.29, 1.82) is 0 Å². The topological polar surface area (TPSA) is 66.5 Å². The van der Waals surface area contributed by atoms with Crippen molar-refractivity contribution in [1.82, 2.24) is 9.62 Å².